The second-order valence-electron chi connectivity index (χ2n) is 5.20. The molecule has 6 heteroatoms. The average Bonchev–Trinajstić information content (AvgIpc) is 3.03. The normalized spacial score (nSPS) is 31.6. The molecule has 100 valence electrons. The van der Waals surface area contributed by atoms with E-state index >= 15 is 0 Å². The molecule has 1 amide bonds. The summed E-state index contributed by atoms with van der Waals surface area (Å²) in [5, 5.41) is 16.1. The Kier molecular flexibility index (Phi) is 2.66. The van der Waals surface area contributed by atoms with Crippen LogP contribution < -0.4 is 5.32 Å². The number of anilines is 1. The maximum atomic E-state index is 12.3. The van der Waals surface area contributed by atoms with Crippen LogP contribution in [0.25, 0.3) is 0 Å². The molecule has 1 saturated carbocycles. The highest BCUT2D eigenvalue weighted by Crippen LogP contribution is 2.48. The van der Waals surface area contributed by atoms with Crippen molar-refractivity contribution in [2.24, 2.45) is 30.7 Å². The molecule has 4 atom stereocenters. The first kappa shape index (κ1) is 12.0. The first-order valence-corrected chi connectivity index (χ1v) is 6.28. The molecule has 6 nitrogen and oxygen atoms in total. The molecule has 19 heavy (non-hydrogen) atoms. The van der Waals surface area contributed by atoms with E-state index in [0.717, 1.165) is 6.42 Å². The van der Waals surface area contributed by atoms with Crippen LogP contribution in [0.2, 0.25) is 0 Å². The average molecular weight is 261 g/mol. The smallest absolute Gasteiger partial charge is 0.307 e. The summed E-state index contributed by atoms with van der Waals surface area (Å²) in [5.41, 5.74) is 0. The van der Waals surface area contributed by atoms with Gasteiger partial charge in [-0.05, 0) is 18.3 Å². The van der Waals surface area contributed by atoms with E-state index in [1.165, 1.54) is 0 Å². The van der Waals surface area contributed by atoms with Crippen LogP contribution in [0.4, 0.5) is 5.82 Å². The zero-order valence-electron chi connectivity index (χ0n) is 10.5. The summed E-state index contributed by atoms with van der Waals surface area (Å²) in [4.78, 5) is 23.6. The van der Waals surface area contributed by atoms with Crippen molar-refractivity contribution in [3.63, 3.8) is 0 Å². The number of aromatic nitrogens is 2. The molecule has 1 aromatic heterocycles. The molecule has 1 aromatic rings. The number of carbonyl (C=O) groups excluding carboxylic acids is 1. The van der Waals surface area contributed by atoms with Gasteiger partial charge in [0.25, 0.3) is 0 Å². The third-order valence-corrected chi connectivity index (χ3v) is 4.01. The second kappa shape index (κ2) is 4.22. The highest BCUT2D eigenvalue weighted by Gasteiger charge is 2.51. The number of carbonyl (C=O) groups is 2. The summed E-state index contributed by atoms with van der Waals surface area (Å²) in [6, 6.07) is 1.69. The summed E-state index contributed by atoms with van der Waals surface area (Å²) in [6.07, 6.45) is 6.38. The lowest BCUT2D eigenvalue weighted by Gasteiger charge is -2.23. The lowest BCUT2D eigenvalue weighted by Crippen LogP contribution is -2.36. The maximum absolute atomic E-state index is 12.3. The summed E-state index contributed by atoms with van der Waals surface area (Å²) < 4.78 is 1.59. The van der Waals surface area contributed by atoms with E-state index in [9.17, 15) is 14.7 Å². The van der Waals surface area contributed by atoms with Crippen molar-refractivity contribution in [3.05, 3.63) is 24.4 Å². The minimum atomic E-state index is -0.891. The van der Waals surface area contributed by atoms with Crippen molar-refractivity contribution < 1.29 is 14.7 Å². The predicted molar refractivity (Wildman–Crippen MR) is 67.2 cm³/mol. The molecule has 2 N–H and O–H groups in total. The number of hydrogen-bond acceptors (Lipinski definition) is 3. The number of nitrogens with one attached hydrogen (secondary N) is 1. The molecular formula is C13H15N3O3. The lowest BCUT2D eigenvalue weighted by molar-refractivity contribution is -0.146. The van der Waals surface area contributed by atoms with Gasteiger partial charge in [-0.3, -0.25) is 14.3 Å². The minimum absolute atomic E-state index is 0.0121. The fourth-order valence-corrected chi connectivity index (χ4v) is 3.21. The maximum Gasteiger partial charge on any atom is 0.307 e. The van der Waals surface area contributed by atoms with E-state index in [1.54, 1.807) is 24.0 Å². The highest BCUT2D eigenvalue weighted by molar-refractivity contribution is 5.95. The second-order valence-corrected chi connectivity index (χ2v) is 5.20. The van der Waals surface area contributed by atoms with Crippen LogP contribution in [0.15, 0.2) is 24.4 Å². The summed E-state index contributed by atoms with van der Waals surface area (Å²) in [7, 11) is 1.76. The van der Waals surface area contributed by atoms with Gasteiger partial charge in [0.05, 0.1) is 11.8 Å². The molecule has 0 aromatic carbocycles. The number of aliphatic carboxylic acids is 1. The number of fused-ring (bicyclic) bond motifs is 2. The van der Waals surface area contributed by atoms with E-state index in [0.29, 0.717) is 5.82 Å². The van der Waals surface area contributed by atoms with Crippen molar-refractivity contribution in [1.29, 1.82) is 0 Å². The van der Waals surface area contributed by atoms with Crippen LogP contribution in [0.3, 0.4) is 0 Å². The largest absolute Gasteiger partial charge is 0.481 e. The molecule has 1 fully saturated rings. The van der Waals surface area contributed by atoms with Crippen molar-refractivity contribution in [2.75, 3.05) is 5.32 Å². The first-order valence-electron chi connectivity index (χ1n) is 6.28. The van der Waals surface area contributed by atoms with Crippen molar-refractivity contribution in [2.45, 2.75) is 6.42 Å². The van der Waals surface area contributed by atoms with E-state index in [-0.39, 0.29) is 17.7 Å². The van der Waals surface area contributed by atoms with Crippen molar-refractivity contribution in [1.82, 2.24) is 9.78 Å². The Hall–Kier alpha value is -2.11. The fourth-order valence-electron chi connectivity index (χ4n) is 3.21. The predicted octanol–water partition coefficient (Wildman–Crippen LogP) is 0.881. The number of carboxylic acids is 1. The van der Waals surface area contributed by atoms with Crippen LogP contribution in [0.5, 0.6) is 0 Å². The number of aryl methyl sites for hydroxylation is 1. The summed E-state index contributed by atoms with van der Waals surface area (Å²) >= 11 is 0. The van der Waals surface area contributed by atoms with E-state index in [1.807, 2.05) is 12.2 Å². The molecule has 1 heterocycles. The van der Waals surface area contributed by atoms with Crippen LogP contribution >= 0.6 is 0 Å². The number of rotatable bonds is 3. The van der Waals surface area contributed by atoms with Gasteiger partial charge in [0.1, 0.15) is 0 Å². The Morgan fingerprint density at radius 1 is 1.37 bits per heavy atom. The third-order valence-electron chi connectivity index (χ3n) is 4.01. The summed E-state index contributed by atoms with van der Waals surface area (Å²) in [6.45, 7) is 0. The number of nitrogens with zero attached hydrogens (tertiary/aromatic N) is 2. The van der Waals surface area contributed by atoms with Crippen molar-refractivity contribution >= 4 is 17.7 Å². The molecule has 2 aliphatic carbocycles. The molecule has 2 aliphatic rings. The van der Waals surface area contributed by atoms with Gasteiger partial charge in [0, 0.05) is 19.3 Å². The molecule has 0 radical (unpaired) electrons. The van der Waals surface area contributed by atoms with Crippen molar-refractivity contribution in [3.8, 4) is 0 Å². The zero-order valence-corrected chi connectivity index (χ0v) is 10.5. The SMILES string of the molecule is Cn1ccc(NC(=O)[C@@H]2[C@H](C(=O)O)[C@H]3C=C[C@H]2C3)n1. The van der Waals surface area contributed by atoms with Gasteiger partial charge in [-0.25, -0.2) is 0 Å². The van der Waals surface area contributed by atoms with E-state index in [4.69, 9.17) is 0 Å². The minimum Gasteiger partial charge on any atom is -0.481 e. The number of allylic oxidation sites excluding steroid dienone is 2. The van der Waals surface area contributed by atoms with Crippen LogP contribution in [0.1, 0.15) is 6.42 Å². The van der Waals surface area contributed by atoms with Gasteiger partial charge in [-0.15, -0.1) is 0 Å². The van der Waals surface area contributed by atoms with Crippen LogP contribution in [0, 0.1) is 23.7 Å². The number of amides is 1. The Morgan fingerprint density at radius 2 is 2.05 bits per heavy atom. The molecule has 0 spiro atoms. The highest BCUT2D eigenvalue weighted by atomic mass is 16.4. The van der Waals surface area contributed by atoms with E-state index in [2.05, 4.69) is 10.4 Å². The fraction of sp³-hybridized carbons (Fsp3) is 0.462. The van der Waals surface area contributed by atoms with E-state index < -0.39 is 17.8 Å². The monoisotopic (exact) mass is 261 g/mol. The van der Waals surface area contributed by atoms with Gasteiger partial charge in [-0.1, -0.05) is 12.2 Å². The Labute approximate surface area is 110 Å². The quantitative estimate of drug-likeness (QED) is 0.791. The van der Waals surface area contributed by atoms with Gasteiger partial charge >= 0.3 is 5.97 Å². The van der Waals surface area contributed by atoms with Crippen LogP contribution in [-0.4, -0.2) is 26.8 Å². The third kappa shape index (κ3) is 1.93. The standard InChI is InChI=1S/C13H15N3O3/c1-16-5-4-9(15-16)14-12(17)10-7-2-3-8(6-7)11(10)13(18)19/h2-5,7-8,10-11H,6H2,1H3,(H,18,19)(H,14,15,17)/t7-,8-,10-,11+/m0/s1. The zero-order chi connectivity index (χ0) is 13.6. The molecule has 3 rings (SSSR count). The lowest BCUT2D eigenvalue weighted by atomic mass is 9.82. The Morgan fingerprint density at radius 3 is 2.63 bits per heavy atom. The number of hydrogen-bond donors (Lipinski definition) is 2. The number of carboxylic acid groups (broad SMARTS) is 1. The van der Waals surface area contributed by atoms with Crippen LogP contribution in [-0.2, 0) is 16.6 Å². The molecule has 0 saturated heterocycles. The summed E-state index contributed by atoms with van der Waals surface area (Å²) in [5.74, 6) is -1.76. The van der Waals surface area contributed by atoms with Gasteiger partial charge in [-0.2, -0.15) is 5.10 Å². The van der Waals surface area contributed by atoms with Gasteiger partial charge in [0.15, 0.2) is 5.82 Å². The molecule has 0 unspecified atom stereocenters. The Bertz CT molecular complexity index is 563. The molecule has 0 aliphatic heterocycles. The van der Waals surface area contributed by atoms with Gasteiger partial charge < -0.3 is 10.4 Å². The topological polar surface area (TPSA) is 84.2 Å². The van der Waals surface area contributed by atoms with Gasteiger partial charge in [0.2, 0.25) is 5.91 Å². The Balaban J connectivity index is 1.79. The molecule has 2 bridgehead atoms. The molecular weight excluding hydrogens is 246 g/mol. The first-order chi connectivity index (χ1) is 9.06.